The molecule has 0 heterocycles. The summed E-state index contributed by atoms with van der Waals surface area (Å²) >= 11 is 0. The number of primary amides is 1. The molecule has 0 aliphatic carbocycles. The smallest absolute Gasteiger partial charge is 0.326 e. The van der Waals surface area contributed by atoms with E-state index >= 15 is 0 Å². The van der Waals surface area contributed by atoms with E-state index in [1.54, 1.807) is 13.8 Å². The lowest BCUT2D eigenvalue weighted by atomic mass is 10.2. The zero-order chi connectivity index (χ0) is 12.0. The van der Waals surface area contributed by atoms with Crippen molar-refractivity contribution in [3.05, 3.63) is 11.6 Å². The molecule has 0 bridgehead atoms. The quantitative estimate of drug-likeness (QED) is 0.530. The van der Waals surface area contributed by atoms with Crippen molar-refractivity contribution in [3.63, 3.8) is 0 Å². The van der Waals surface area contributed by atoms with Crippen LogP contribution in [0, 0.1) is 0 Å². The summed E-state index contributed by atoms with van der Waals surface area (Å²) in [5, 5.41) is 10.8. The van der Waals surface area contributed by atoms with Crippen molar-refractivity contribution in [2.75, 3.05) is 0 Å². The van der Waals surface area contributed by atoms with Crippen LogP contribution in [0.1, 0.15) is 20.3 Å². The predicted molar refractivity (Wildman–Crippen MR) is 52.8 cm³/mol. The zero-order valence-electron chi connectivity index (χ0n) is 8.61. The lowest BCUT2D eigenvalue weighted by Crippen LogP contribution is -2.42. The van der Waals surface area contributed by atoms with Crippen LogP contribution in [0.4, 0.5) is 0 Å². The molecule has 0 saturated heterocycles. The number of hydrogen-bond donors (Lipinski definition) is 3. The van der Waals surface area contributed by atoms with Crippen LogP contribution >= 0.6 is 0 Å². The summed E-state index contributed by atoms with van der Waals surface area (Å²) in [6.07, 6.45) is 0.828. The number of carbonyl (C=O) groups is 3. The molecule has 0 aromatic heterocycles. The third kappa shape index (κ3) is 6.25. The number of aliphatic carboxylic acids is 1. The number of nitrogens with two attached hydrogens (primary N) is 1. The van der Waals surface area contributed by atoms with Gasteiger partial charge in [-0.3, -0.25) is 9.59 Å². The highest BCUT2D eigenvalue weighted by Crippen LogP contribution is 1.94. The molecule has 1 atom stereocenters. The van der Waals surface area contributed by atoms with E-state index in [0.29, 0.717) is 0 Å². The van der Waals surface area contributed by atoms with Gasteiger partial charge in [0.15, 0.2) is 0 Å². The first-order valence-corrected chi connectivity index (χ1v) is 4.29. The van der Waals surface area contributed by atoms with Gasteiger partial charge in [0.05, 0.1) is 6.42 Å². The molecule has 4 N–H and O–H groups in total. The number of nitrogens with one attached hydrogen (secondary N) is 1. The molecule has 2 amide bonds. The molecule has 0 fully saturated rings. The van der Waals surface area contributed by atoms with Crippen LogP contribution in [0.25, 0.3) is 0 Å². The van der Waals surface area contributed by atoms with E-state index in [1.807, 2.05) is 0 Å². The fourth-order valence-electron chi connectivity index (χ4n) is 0.877. The highest BCUT2D eigenvalue weighted by Gasteiger charge is 2.20. The molecule has 0 spiro atoms. The van der Waals surface area contributed by atoms with Crippen LogP contribution in [-0.4, -0.2) is 28.9 Å². The van der Waals surface area contributed by atoms with Gasteiger partial charge in [0.1, 0.15) is 6.04 Å². The standard InChI is InChI=1S/C9H14N2O4/c1-5(2)3-8(13)11-6(9(14)15)4-7(10)12/h3,6H,4H2,1-2H3,(H2,10,12)(H,11,13)(H,14,15)/t6-/m0/s1. The molecule has 0 unspecified atom stereocenters. The maximum Gasteiger partial charge on any atom is 0.326 e. The number of carboxylic acid groups (broad SMARTS) is 1. The third-order valence-electron chi connectivity index (χ3n) is 1.44. The molecule has 0 saturated carbocycles. The Morgan fingerprint density at radius 2 is 1.93 bits per heavy atom. The summed E-state index contributed by atoms with van der Waals surface area (Å²) in [6, 6.07) is -1.27. The number of allylic oxidation sites excluding steroid dienone is 1. The molecule has 0 rings (SSSR count). The number of carbonyl (C=O) groups excluding carboxylic acids is 2. The molecule has 0 aromatic carbocycles. The predicted octanol–water partition coefficient (Wildman–Crippen LogP) is -0.603. The Labute approximate surface area is 87.1 Å². The Kier molecular flexibility index (Phi) is 5.08. The molecule has 84 valence electrons. The van der Waals surface area contributed by atoms with Gasteiger partial charge in [-0.2, -0.15) is 0 Å². The highest BCUT2D eigenvalue weighted by atomic mass is 16.4. The van der Waals surface area contributed by atoms with Crippen LogP contribution in [-0.2, 0) is 14.4 Å². The first-order valence-electron chi connectivity index (χ1n) is 4.29. The Morgan fingerprint density at radius 1 is 1.40 bits per heavy atom. The topological polar surface area (TPSA) is 109 Å². The fourth-order valence-corrected chi connectivity index (χ4v) is 0.877. The maximum absolute atomic E-state index is 11.1. The zero-order valence-corrected chi connectivity index (χ0v) is 8.61. The van der Waals surface area contributed by atoms with E-state index in [4.69, 9.17) is 10.8 Å². The molecular weight excluding hydrogens is 200 g/mol. The second-order valence-electron chi connectivity index (χ2n) is 3.29. The molecule has 6 nitrogen and oxygen atoms in total. The van der Waals surface area contributed by atoms with E-state index in [1.165, 1.54) is 6.08 Å². The lowest BCUT2D eigenvalue weighted by molar-refractivity contribution is -0.142. The minimum Gasteiger partial charge on any atom is -0.480 e. The number of hydrogen-bond acceptors (Lipinski definition) is 3. The van der Waals surface area contributed by atoms with Crippen molar-refractivity contribution in [3.8, 4) is 0 Å². The summed E-state index contributed by atoms with van der Waals surface area (Å²) < 4.78 is 0. The Morgan fingerprint density at radius 3 is 2.27 bits per heavy atom. The van der Waals surface area contributed by atoms with Crippen LogP contribution in [0.3, 0.4) is 0 Å². The van der Waals surface area contributed by atoms with E-state index in [9.17, 15) is 14.4 Å². The second kappa shape index (κ2) is 5.79. The van der Waals surface area contributed by atoms with Crippen molar-refractivity contribution in [2.24, 2.45) is 5.73 Å². The van der Waals surface area contributed by atoms with Crippen molar-refractivity contribution in [1.29, 1.82) is 0 Å². The minimum absolute atomic E-state index is 0.419. The van der Waals surface area contributed by atoms with Gasteiger partial charge in [0, 0.05) is 6.08 Å². The lowest BCUT2D eigenvalue weighted by Gasteiger charge is -2.10. The Hall–Kier alpha value is -1.85. The van der Waals surface area contributed by atoms with Crippen molar-refractivity contribution in [1.82, 2.24) is 5.32 Å². The van der Waals surface area contributed by atoms with E-state index in [2.05, 4.69) is 5.32 Å². The Balaban J connectivity index is 4.42. The summed E-state index contributed by atoms with van der Waals surface area (Å²) in [5.41, 5.74) is 5.57. The summed E-state index contributed by atoms with van der Waals surface area (Å²) in [4.78, 5) is 32.3. The van der Waals surface area contributed by atoms with Gasteiger partial charge in [0.25, 0.3) is 0 Å². The first kappa shape index (κ1) is 13.2. The van der Waals surface area contributed by atoms with Crippen molar-refractivity contribution >= 4 is 17.8 Å². The molecule has 6 heteroatoms. The minimum atomic E-state index is -1.29. The fraction of sp³-hybridized carbons (Fsp3) is 0.444. The normalized spacial score (nSPS) is 11.3. The van der Waals surface area contributed by atoms with Crippen molar-refractivity contribution in [2.45, 2.75) is 26.3 Å². The van der Waals surface area contributed by atoms with Crippen LogP contribution in [0.2, 0.25) is 0 Å². The van der Waals surface area contributed by atoms with Gasteiger partial charge in [-0.15, -0.1) is 0 Å². The second-order valence-corrected chi connectivity index (χ2v) is 3.29. The van der Waals surface area contributed by atoms with Crippen LogP contribution in [0.5, 0.6) is 0 Å². The summed E-state index contributed by atoms with van der Waals surface area (Å²) in [5.74, 6) is -2.62. The van der Waals surface area contributed by atoms with Gasteiger partial charge in [-0.05, 0) is 13.8 Å². The average molecular weight is 214 g/mol. The molecule has 0 radical (unpaired) electrons. The van der Waals surface area contributed by atoms with E-state index in [0.717, 1.165) is 5.57 Å². The van der Waals surface area contributed by atoms with Gasteiger partial charge >= 0.3 is 5.97 Å². The third-order valence-corrected chi connectivity index (χ3v) is 1.44. The van der Waals surface area contributed by atoms with Gasteiger partial charge in [-0.25, -0.2) is 4.79 Å². The molecule has 0 aliphatic heterocycles. The van der Waals surface area contributed by atoms with Crippen molar-refractivity contribution < 1.29 is 19.5 Å². The SMILES string of the molecule is CC(C)=CC(=O)N[C@@H](CC(N)=O)C(=O)O. The maximum atomic E-state index is 11.1. The number of amides is 2. The average Bonchev–Trinajstić information content (AvgIpc) is 1.99. The van der Waals surface area contributed by atoms with Gasteiger partial charge in [0.2, 0.25) is 11.8 Å². The summed E-state index contributed by atoms with van der Waals surface area (Å²) in [6.45, 7) is 3.40. The van der Waals surface area contributed by atoms with Gasteiger partial charge in [-0.1, -0.05) is 5.57 Å². The monoisotopic (exact) mass is 214 g/mol. The number of rotatable bonds is 5. The van der Waals surface area contributed by atoms with E-state index < -0.39 is 30.2 Å². The molecule has 0 aromatic rings. The van der Waals surface area contributed by atoms with E-state index in [-0.39, 0.29) is 0 Å². The number of carboxylic acids is 1. The van der Waals surface area contributed by atoms with Crippen LogP contribution in [0.15, 0.2) is 11.6 Å². The molecular formula is C9H14N2O4. The summed E-state index contributed by atoms with van der Waals surface area (Å²) in [7, 11) is 0. The molecule has 15 heavy (non-hydrogen) atoms. The van der Waals surface area contributed by atoms with Gasteiger partial charge < -0.3 is 16.2 Å². The first-order chi connectivity index (χ1) is 6.82. The van der Waals surface area contributed by atoms with Crippen LogP contribution < -0.4 is 11.1 Å². The molecule has 0 aliphatic rings. The highest BCUT2D eigenvalue weighted by molar-refractivity contribution is 5.93. The Bertz CT molecular complexity index is 305. The largest absolute Gasteiger partial charge is 0.480 e.